The molecule has 0 atom stereocenters. The summed E-state index contributed by atoms with van der Waals surface area (Å²) in [6.45, 7) is 2.15. The van der Waals surface area contributed by atoms with E-state index in [-0.39, 0.29) is 17.9 Å². The quantitative estimate of drug-likeness (QED) is 0.800. The molecule has 0 saturated carbocycles. The number of hydrogen-bond donors (Lipinski definition) is 2. The van der Waals surface area contributed by atoms with Gasteiger partial charge in [-0.3, -0.25) is 9.78 Å². The van der Waals surface area contributed by atoms with Crippen molar-refractivity contribution in [2.75, 3.05) is 6.54 Å². The zero-order chi connectivity index (χ0) is 16.9. The van der Waals surface area contributed by atoms with Gasteiger partial charge in [0.25, 0.3) is 0 Å². The first kappa shape index (κ1) is 17.1. The summed E-state index contributed by atoms with van der Waals surface area (Å²) >= 11 is 0. The first-order chi connectivity index (χ1) is 10.9. The molecule has 23 heavy (non-hydrogen) atoms. The summed E-state index contributed by atoms with van der Waals surface area (Å²) in [6.07, 6.45) is 2.12. The first-order valence-electron chi connectivity index (χ1n) is 7.09. The zero-order valence-corrected chi connectivity index (χ0v) is 13.5. The van der Waals surface area contributed by atoms with Gasteiger partial charge in [0.1, 0.15) is 0 Å². The van der Waals surface area contributed by atoms with Crippen molar-refractivity contribution >= 4 is 16.0 Å². The van der Waals surface area contributed by atoms with Crippen LogP contribution in [0, 0.1) is 6.92 Å². The SMILES string of the molecule is Cc1ncccc1CCNS(=O)(=O)c1ccc(CC(=O)O)cc1. The number of rotatable bonds is 7. The molecular formula is C16H18N2O4S. The minimum absolute atomic E-state index is 0.120. The number of nitrogens with zero attached hydrogens (tertiary/aromatic N) is 1. The number of sulfonamides is 1. The van der Waals surface area contributed by atoms with Gasteiger partial charge in [0.2, 0.25) is 10.0 Å². The maximum atomic E-state index is 12.2. The number of nitrogens with one attached hydrogen (secondary N) is 1. The Kier molecular flexibility index (Phi) is 5.46. The molecule has 6 nitrogen and oxygen atoms in total. The van der Waals surface area contributed by atoms with Crippen molar-refractivity contribution in [3.8, 4) is 0 Å². The van der Waals surface area contributed by atoms with Gasteiger partial charge < -0.3 is 5.11 Å². The van der Waals surface area contributed by atoms with E-state index in [9.17, 15) is 13.2 Å². The van der Waals surface area contributed by atoms with Crippen molar-refractivity contribution in [3.05, 3.63) is 59.4 Å². The second kappa shape index (κ2) is 7.34. The van der Waals surface area contributed by atoms with Gasteiger partial charge in [-0.15, -0.1) is 0 Å². The van der Waals surface area contributed by atoms with Crippen LogP contribution in [0.15, 0.2) is 47.5 Å². The van der Waals surface area contributed by atoms with Gasteiger partial charge >= 0.3 is 5.97 Å². The summed E-state index contributed by atoms with van der Waals surface area (Å²) in [4.78, 5) is 14.9. The molecule has 1 aromatic heterocycles. The lowest BCUT2D eigenvalue weighted by Gasteiger charge is -2.08. The van der Waals surface area contributed by atoms with Crippen LogP contribution in [0.1, 0.15) is 16.8 Å². The normalized spacial score (nSPS) is 11.3. The summed E-state index contributed by atoms with van der Waals surface area (Å²) in [6, 6.07) is 9.57. The minimum Gasteiger partial charge on any atom is -0.481 e. The molecule has 2 rings (SSSR count). The number of carbonyl (C=O) groups is 1. The maximum Gasteiger partial charge on any atom is 0.307 e. The van der Waals surface area contributed by atoms with Crippen molar-refractivity contribution in [2.45, 2.75) is 24.7 Å². The number of hydrogen-bond acceptors (Lipinski definition) is 4. The molecule has 0 saturated heterocycles. The van der Waals surface area contributed by atoms with E-state index in [0.717, 1.165) is 11.3 Å². The smallest absolute Gasteiger partial charge is 0.307 e. The number of pyridine rings is 1. The van der Waals surface area contributed by atoms with E-state index in [2.05, 4.69) is 9.71 Å². The Morgan fingerprint density at radius 2 is 1.91 bits per heavy atom. The fraction of sp³-hybridized carbons (Fsp3) is 0.250. The monoisotopic (exact) mass is 334 g/mol. The average molecular weight is 334 g/mol. The highest BCUT2D eigenvalue weighted by atomic mass is 32.2. The lowest BCUT2D eigenvalue weighted by molar-refractivity contribution is -0.136. The van der Waals surface area contributed by atoms with Gasteiger partial charge in [-0.1, -0.05) is 18.2 Å². The van der Waals surface area contributed by atoms with Crippen LogP contribution in [0.25, 0.3) is 0 Å². The summed E-state index contributed by atoms with van der Waals surface area (Å²) in [7, 11) is -3.61. The van der Waals surface area contributed by atoms with Crippen LogP contribution in [0.4, 0.5) is 0 Å². The number of carboxylic acid groups (broad SMARTS) is 1. The molecule has 2 aromatic rings. The lowest BCUT2D eigenvalue weighted by atomic mass is 10.1. The Balaban J connectivity index is 1.99. The molecule has 0 bridgehead atoms. The van der Waals surface area contributed by atoms with E-state index in [1.807, 2.05) is 19.1 Å². The summed E-state index contributed by atoms with van der Waals surface area (Å²) in [5.74, 6) is -0.953. The molecule has 0 unspecified atom stereocenters. The molecule has 1 aromatic carbocycles. The summed E-state index contributed by atoms with van der Waals surface area (Å²) in [5.41, 5.74) is 2.43. The lowest BCUT2D eigenvalue weighted by Crippen LogP contribution is -2.26. The Morgan fingerprint density at radius 3 is 2.52 bits per heavy atom. The highest BCUT2D eigenvalue weighted by Gasteiger charge is 2.13. The average Bonchev–Trinajstić information content (AvgIpc) is 2.49. The van der Waals surface area contributed by atoms with Crippen molar-refractivity contribution in [1.29, 1.82) is 0 Å². The minimum atomic E-state index is -3.61. The molecule has 0 aliphatic heterocycles. The molecule has 2 N–H and O–H groups in total. The fourth-order valence-electron chi connectivity index (χ4n) is 2.15. The number of aliphatic carboxylic acids is 1. The van der Waals surface area contributed by atoms with Crippen LogP contribution in [0.2, 0.25) is 0 Å². The fourth-order valence-corrected chi connectivity index (χ4v) is 3.18. The van der Waals surface area contributed by atoms with Gasteiger partial charge in [0.05, 0.1) is 11.3 Å². The van der Waals surface area contributed by atoms with Gasteiger partial charge in [0.15, 0.2) is 0 Å². The van der Waals surface area contributed by atoms with Crippen LogP contribution in [0.3, 0.4) is 0 Å². The summed E-state index contributed by atoms with van der Waals surface area (Å²) in [5, 5.41) is 8.71. The van der Waals surface area contributed by atoms with Crippen molar-refractivity contribution in [3.63, 3.8) is 0 Å². The third-order valence-corrected chi connectivity index (χ3v) is 4.87. The van der Waals surface area contributed by atoms with E-state index in [1.165, 1.54) is 24.3 Å². The predicted molar refractivity (Wildman–Crippen MR) is 85.6 cm³/mol. The van der Waals surface area contributed by atoms with Gasteiger partial charge in [-0.2, -0.15) is 0 Å². The predicted octanol–water partition coefficient (Wildman–Crippen LogP) is 1.54. The van der Waals surface area contributed by atoms with Crippen LogP contribution in [0.5, 0.6) is 0 Å². The number of aromatic nitrogens is 1. The molecule has 0 aliphatic carbocycles. The number of benzene rings is 1. The van der Waals surface area contributed by atoms with Crippen molar-refractivity contribution in [1.82, 2.24) is 9.71 Å². The molecule has 0 radical (unpaired) electrons. The Hall–Kier alpha value is -2.25. The van der Waals surface area contributed by atoms with Gasteiger partial charge in [-0.05, 0) is 42.7 Å². The molecule has 0 fully saturated rings. The Morgan fingerprint density at radius 1 is 1.22 bits per heavy atom. The van der Waals surface area contributed by atoms with Crippen molar-refractivity contribution < 1.29 is 18.3 Å². The second-order valence-corrected chi connectivity index (χ2v) is 6.88. The molecular weight excluding hydrogens is 316 g/mol. The molecule has 0 amide bonds. The number of aryl methyl sites for hydroxylation is 1. The van der Waals surface area contributed by atoms with Crippen molar-refractivity contribution in [2.24, 2.45) is 0 Å². The van der Waals surface area contributed by atoms with Crippen LogP contribution in [-0.2, 0) is 27.7 Å². The highest BCUT2D eigenvalue weighted by Crippen LogP contribution is 2.11. The molecule has 0 aliphatic rings. The molecule has 1 heterocycles. The zero-order valence-electron chi connectivity index (χ0n) is 12.7. The molecule has 0 spiro atoms. The third-order valence-electron chi connectivity index (χ3n) is 3.39. The van der Waals surface area contributed by atoms with Crippen LogP contribution < -0.4 is 4.72 Å². The van der Waals surface area contributed by atoms with Gasteiger partial charge in [-0.25, -0.2) is 13.1 Å². The Bertz CT molecular complexity index is 786. The maximum absolute atomic E-state index is 12.2. The van der Waals surface area contributed by atoms with Crippen LogP contribution >= 0.6 is 0 Å². The van der Waals surface area contributed by atoms with E-state index < -0.39 is 16.0 Å². The Labute approximate surface area is 135 Å². The summed E-state index contributed by atoms with van der Waals surface area (Å²) < 4.78 is 26.9. The van der Waals surface area contributed by atoms with Crippen LogP contribution in [-0.4, -0.2) is 31.0 Å². The van der Waals surface area contributed by atoms with E-state index in [1.54, 1.807) is 6.20 Å². The van der Waals surface area contributed by atoms with E-state index >= 15 is 0 Å². The van der Waals surface area contributed by atoms with E-state index in [4.69, 9.17) is 5.11 Å². The van der Waals surface area contributed by atoms with Gasteiger partial charge in [0, 0.05) is 18.4 Å². The molecule has 7 heteroatoms. The largest absolute Gasteiger partial charge is 0.481 e. The standard InChI is InChI=1S/C16H18N2O4S/c1-12-14(3-2-9-17-12)8-10-18-23(21,22)15-6-4-13(5-7-15)11-16(19)20/h2-7,9,18H,8,10-11H2,1H3,(H,19,20). The first-order valence-corrected chi connectivity index (χ1v) is 8.58. The molecule has 122 valence electrons. The second-order valence-electron chi connectivity index (χ2n) is 5.11. The van der Waals surface area contributed by atoms with E-state index in [0.29, 0.717) is 12.0 Å². The number of carboxylic acids is 1. The topological polar surface area (TPSA) is 96.4 Å². The third kappa shape index (κ3) is 4.87. The highest BCUT2D eigenvalue weighted by molar-refractivity contribution is 7.89.